The van der Waals surface area contributed by atoms with Gasteiger partial charge in [-0.15, -0.1) is 0 Å². The number of carbonyl (C=O) groups excluding carboxylic acids is 2. The van der Waals surface area contributed by atoms with Crippen LogP contribution in [0.3, 0.4) is 0 Å². The summed E-state index contributed by atoms with van der Waals surface area (Å²) in [5, 5.41) is 2.29. The van der Waals surface area contributed by atoms with E-state index >= 15 is 0 Å². The minimum Gasteiger partial charge on any atom is -0.272 e. The topological polar surface area (TPSA) is 49.4 Å². The average Bonchev–Trinajstić information content (AvgIpc) is 2.36. The van der Waals surface area contributed by atoms with Crippen molar-refractivity contribution in [3.05, 3.63) is 0 Å². The number of amides is 3. The highest BCUT2D eigenvalue weighted by molar-refractivity contribution is 9.04. The van der Waals surface area contributed by atoms with E-state index in [0.717, 1.165) is 0 Å². The van der Waals surface area contributed by atoms with Gasteiger partial charge in [0, 0.05) is 0 Å². The molecule has 1 fully saturated rings. The maximum absolute atomic E-state index is 11.5. The van der Waals surface area contributed by atoms with Crippen LogP contribution in [0.5, 0.6) is 0 Å². The molecule has 0 aliphatic carbocycles. The fourth-order valence-electron chi connectivity index (χ4n) is 1.48. The summed E-state index contributed by atoms with van der Waals surface area (Å²) >= 11 is 3.08. The molecular formula is C7H11BrClN2O2+. The average molecular weight is 271 g/mol. The first-order chi connectivity index (χ1) is 6.12. The third kappa shape index (κ3) is 1.44. The Hall–Kier alpha value is -0.290. The molecule has 1 aliphatic heterocycles. The van der Waals surface area contributed by atoms with Crippen LogP contribution in [0.1, 0.15) is 26.7 Å². The second kappa shape index (κ2) is 3.84. The number of nitrogens with one attached hydrogen (secondary N) is 1. The van der Waals surface area contributed by atoms with Gasteiger partial charge in [-0.05, 0) is 17.3 Å². The van der Waals surface area contributed by atoms with Crippen LogP contribution < -0.4 is 5.32 Å². The van der Waals surface area contributed by atoms with Crippen LogP contribution in [0, 0.1) is 9.48 Å². The first-order valence-corrected chi connectivity index (χ1v) is 6.46. The van der Waals surface area contributed by atoms with Gasteiger partial charge in [0.1, 0.15) is 0 Å². The number of hydrogen-bond acceptors (Lipinski definition) is 2. The number of halogens is 2. The van der Waals surface area contributed by atoms with Gasteiger partial charge in [0.05, 0.1) is 0 Å². The molecule has 0 radical (unpaired) electrons. The van der Waals surface area contributed by atoms with Crippen molar-refractivity contribution in [3.63, 3.8) is 0 Å². The van der Waals surface area contributed by atoms with Gasteiger partial charge in [-0.1, -0.05) is 13.8 Å². The van der Waals surface area contributed by atoms with Crippen molar-refractivity contribution < 1.29 is 19.1 Å². The molecular weight excluding hydrogens is 259 g/mol. The maximum Gasteiger partial charge on any atom is 0.375 e. The number of imide groups is 1. The van der Waals surface area contributed by atoms with Crippen molar-refractivity contribution in [1.82, 2.24) is 9.74 Å². The van der Waals surface area contributed by atoms with Crippen molar-refractivity contribution in [2.45, 2.75) is 32.2 Å². The van der Waals surface area contributed by atoms with Gasteiger partial charge < -0.3 is 0 Å². The normalized spacial score (nSPS) is 20.7. The Morgan fingerprint density at radius 3 is 2.31 bits per heavy atom. The molecule has 74 valence electrons. The van der Waals surface area contributed by atoms with Crippen molar-refractivity contribution in [2.75, 3.05) is 0 Å². The molecule has 1 rings (SSSR count). The largest absolute Gasteiger partial charge is 0.375 e. The fourth-order valence-corrected chi connectivity index (χ4v) is 3.16. The number of carbonyl (C=O) groups is 2. The van der Waals surface area contributed by atoms with Crippen molar-refractivity contribution in [2.24, 2.45) is 0 Å². The van der Waals surface area contributed by atoms with E-state index in [9.17, 15) is 9.59 Å². The van der Waals surface area contributed by atoms with E-state index in [0.29, 0.717) is 12.8 Å². The molecule has 0 unspecified atom stereocenters. The van der Waals surface area contributed by atoms with Crippen LogP contribution in [0.4, 0.5) is 4.79 Å². The van der Waals surface area contributed by atoms with E-state index in [2.05, 4.69) is 20.3 Å². The minimum atomic E-state index is -0.700. The second-order valence-corrected chi connectivity index (χ2v) is 4.11. The molecule has 1 N–H and O–H groups in total. The first kappa shape index (κ1) is 10.8. The molecule has 1 aliphatic rings. The molecule has 0 spiro atoms. The summed E-state index contributed by atoms with van der Waals surface area (Å²) in [6, 6.07) is -0.362. The maximum atomic E-state index is 11.5. The lowest BCUT2D eigenvalue weighted by atomic mass is 9.93. The molecule has 4 nitrogen and oxygen atoms in total. The highest BCUT2D eigenvalue weighted by Crippen LogP contribution is 2.30. The first-order valence-electron chi connectivity index (χ1n) is 4.04. The molecule has 1 heterocycles. The summed E-state index contributed by atoms with van der Waals surface area (Å²) in [7, 11) is 1.59. The molecule has 13 heavy (non-hydrogen) atoms. The highest BCUT2D eigenvalue weighted by Gasteiger charge is 2.57. The number of hydrogen-bond donors (Lipinski definition) is 1. The van der Waals surface area contributed by atoms with Gasteiger partial charge in [-0.3, -0.25) is 10.1 Å². The predicted octanol–water partition coefficient (Wildman–Crippen LogP) is 1.41. The molecule has 1 saturated heterocycles. The number of urea groups is 1. The van der Waals surface area contributed by atoms with Crippen LogP contribution in [-0.2, 0) is 4.79 Å². The summed E-state index contributed by atoms with van der Waals surface area (Å²) in [5.74, 6) is -0.213. The van der Waals surface area contributed by atoms with Gasteiger partial charge in [-0.25, -0.2) is 4.79 Å². The van der Waals surface area contributed by atoms with Crippen LogP contribution in [0.2, 0.25) is 0 Å². The summed E-state index contributed by atoms with van der Waals surface area (Å²) in [6.45, 7) is 3.78. The Bertz CT molecular complexity index is 243. The lowest BCUT2D eigenvalue weighted by molar-refractivity contribution is -0.638. The number of rotatable bonds is 3. The Morgan fingerprint density at radius 2 is 2.00 bits per heavy atom. The fraction of sp³-hybridized carbons (Fsp3) is 0.714. The Morgan fingerprint density at radius 1 is 1.46 bits per heavy atom. The van der Waals surface area contributed by atoms with Crippen molar-refractivity contribution >= 4 is 27.0 Å². The van der Waals surface area contributed by atoms with Gasteiger partial charge in [0.15, 0.2) is 5.54 Å². The number of nitrogens with zero attached hydrogens (tertiary/aromatic N) is 1. The Kier molecular flexibility index (Phi) is 3.18. The minimum absolute atomic E-state index is 0.213. The monoisotopic (exact) mass is 269 g/mol. The van der Waals surface area contributed by atoms with Crippen molar-refractivity contribution in [1.29, 1.82) is 0 Å². The quantitative estimate of drug-likeness (QED) is 0.623. The highest BCUT2D eigenvalue weighted by atomic mass is 79.9. The van der Waals surface area contributed by atoms with E-state index in [4.69, 9.17) is 0 Å². The van der Waals surface area contributed by atoms with E-state index in [-0.39, 0.29) is 11.9 Å². The molecule has 3 amide bonds. The van der Waals surface area contributed by atoms with Crippen LogP contribution >= 0.6 is 15.0 Å². The van der Waals surface area contributed by atoms with Gasteiger partial charge >= 0.3 is 30.5 Å². The van der Waals surface area contributed by atoms with E-state index in [1.807, 2.05) is 13.8 Å². The van der Waals surface area contributed by atoms with E-state index in [1.165, 1.54) is 4.42 Å². The zero-order chi connectivity index (χ0) is 10.1. The SMILES string of the molecule is CCC1(CC)C(=O)NC(=O)N1[Cl+]Br. The smallest absolute Gasteiger partial charge is 0.272 e. The third-order valence-electron chi connectivity index (χ3n) is 2.43. The van der Waals surface area contributed by atoms with Crippen LogP contribution in [-0.4, -0.2) is 21.9 Å². The molecule has 0 saturated carbocycles. The molecule has 0 atom stereocenters. The van der Waals surface area contributed by atoms with E-state index in [1.54, 1.807) is 9.48 Å². The summed E-state index contributed by atoms with van der Waals surface area (Å²) < 4.78 is 1.40. The molecule has 0 aromatic carbocycles. The second-order valence-electron chi connectivity index (χ2n) is 2.84. The van der Waals surface area contributed by atoms with E-state index < -0.39 is 5.54 Å². The van der Waals surface area contributed by atoms with Gasteiger partial charge in [-0.2, -0.15) is 0 Å². The summed E-state index contributed by atoms with van der Waals surface area (Å²) in [4.78, 5) is 22.8. The zero-order valence-corrected chi connectivity index (χ0v) is 9.78. The molecule has 0 aromatic rings. The predicted molar refractivity (Wildman–Crippen MR) is 47.6 cm³/mol. The van der Waals surface area contributed by atoms with Crippen LogP contribution in [0.15, 0.2) is 0 Å². The summed E-state index contributed by atoms with van der Waals surface area (Å²) in [5.41, 5.74) is -0.700. The van der Waals surface area contributed by atoms with Crippen molar-refractivity contribution in [3.8, 4) is 0 Å². The zero-order valence-electron chi connectivity index (χ0n) is 7.43. The van der Waals surface area contributed by atoms with Gasteiger partial charge in [0.2, 0.25) is 0 Å². The molecule has 0 aromatic heterocycles. The Balaban J connectivity index is 3.03. The lowest BCUT2D eigenvalue weighted by Crippen LogP contribution is -2.46. The lowest BCUT2D eigenvalue weighted by Gasteiger charge is -2.21. The standard InChI is InChI=1S/C7H10BrClN2O2/c1-3-7(4-2)5(12)10-6(13)11(7)9-8/h3-4H2,1-2H3/p+1. The van der Waals surface area contributed by atoms with Crippen LogP contribution in [0.25, 0.3) is 0 Å². The Labute approximate surface area is 88.2 Å². The third-order valence-corrected chi connectivity index (χ3v) is 3.84. The molecule has 6 heteroatoms. The summed E-state index contributed by atoms with van der Waals surface area (Å²) in [6.07, 6.45) is 1.22. The van der Waals surface area contributed by atoms with Gasteiger partial charge in [0.25, 0.3) is 5.91 Å². The molecule has 0 bridgehead atoms.